The highest BCUT2D eigenvalue weighted by Crippen LogP contribution is 2.22. The summed E-state index contributed by atoms with van der Waals surface area (Å²) in [5.41, 5.74) is -0.0433. The molecule has 2 rings (SSSR count). The van der Waals surface area contributed by atoms with Gasteiger partial charge in [0.05, 0.1) is 9.82 Å². The third-order valence-corrected chi connectivity index (χ3v) is 7.00. The first-order chi connectivity index (χ1) is 17.7. The van der Waals surface area contributed by atoms with Crippen molar-refractivity contribution in [3.8, 4) is 5.75 Å². The Hall–Kier alpha value is -3.22. The van der Waals surface area contributed by atoms with Crippen molar-refractivity contribution in [2.45, 2.75) is 64.0 Å². The molecule has 1 unspecified atom stereocenters. The van der Waals surface area contributed by atoms with Gasteiger partial charge in [-0.1, -0.05) is 26.0 Å². The monoisotopic (exact) mass is 553 g/mol. The first-order valence-corrected chi connectivity index (χ1v) is 13.6. The molecule has 0 aliphatic heterocycles. The number of rotatable bonds is 11. The van der Waals surface area contributed by atoms with Crippen molar-refractivity contribution in [3.63, 3.8) is 0 Å². The lowest BCUT2D eigenvalue weighted by Crippen LogP contribution is -2.43. The number of nitro benzene ring substituents is 1. The van der Waals surface area contributed by atoms with Gasteiger partial charge in [-0.25, -0.2) is 13.2 Å². The second kappa shape index (κ2) is 14.6. The number of hydrogen-bond acceptors (Lipinski definition) is 8. The van der Waals surface area contributed by atoms with Gasteiger partial charge in [-0.15, -0.1) is 0 Å². The molecular weight excluding hydrogens is 514 g/mol. The van der Waals surface area contributed by atoms with E-state index in [-0.39, 0.29) is 35.3 Å². The van der Waals surface area contributed by atoms with Crippen LogP contribution in [0.2, 0.25) is 0 Å². The van der Waals surface area contributed by atoms with Crippen molar-refractivity contribution in [2.24, 2.45) is 5.92 Å². The number of alkyl carbamates (subject to hydrolysis) is 1. The summed E-state index contributed by atoms with van der Waals surface area (Å²) in [7, 11) is -2.94. The molecule has 1 amide bonds. The number of nitrogens with one attached hydrogen (secondary N) is 1. The molecule has 0 aromatic heterocycles. The van der Waals surface area contributed by atoms with Crippen molar-refractivity contribution in [1.82, 2.24) is 9.62 Å². The fraction of sp³-hybridized carbons (Fsp3) is 0.500. The Morgan fingerprint density at radius 3 is 2.11 bits per heavy atom. The van der Waals surface area contributed by atoms with Gasteiger partial charge in [-0.05, 0) is 69.4 Å². The summed E-state index contributed by atoms with van der Waals surface area (Å²) in [6, 6.07) is 10.9. The predicted octanol–water partition coefficient (Wildman–Crippen LogP) is 4.08. The molecule has 2 aromatic carbocycles. The average molecular weight is 554 g/mol. The summed E-state index contributed by atoms with van der Waals surface area (Å²) >= 11 is 0. The van der Waals surface area contributed by atoms with E-state index in [2.05, 4.69) is 5.32 Å². The number of phenols is 1. The van der Waals surface area contributed by atoms with Crippen LogP contribution in [-0.2, 0) is 21.2 Å². The standard InChI is InChI=1S/C25H35N3O7S.CH4O/c1-18(2)17-27(36(33,34)23-12-8-21(9-13-23)28(31)32)15-14-20(26-24(30)35-25(3,4)5)16-19-6-10-22(29)11-7-19;1-2/h6-13,18,20,29H,14-17H2,1-5H3,(H,26,30);2H,1H3. The van der Waals surface area contributed by atoms with Gasteiger partial charge in [0, 0.05) is 38.4 Å². The number of ether oxygens (including phenoxy) is 1. The molecule has 0 heterocycles. The Morgan fingerprint density at radius 2 is 1.63 bits per heavy atom. The number of carbonyl (C=O) groups excluding carboxylic acids is 1. The normalized spacial score (nSPS) is 12.4. The van der Waals surface area contributed by atoms with Crippen LogP contribution in [0.5, 0.6) is 5.75 Å². The predicted molar refractivity (Wildman–Crippen MR) is 144 cm³/mol. The molecule has 2 aromatic rings. The molecule has 212 valence electrons. The smallest absolute Gasteiger partial charge is 0.407 e. The van der Waals surface area contributed by atoms with Crippen LogP contribution in [0.1, 0.15) is 46.6 Å². The first kappa shape index (κ1) is 32.8. The Morgan fingerprint density at radius 1 is 1.08 bits per heavy atom. The van der Waals surface area contributed by atoms with Crippen LogP contribution in [-0.4, -0.2) is 65.8 Å². The molecule has 1 atom stereocenters. The molecule has 0 saturated carbocycles. The molecule has 0 aliphatic carbocycles. The molecule has 0 radical (unpaired) electrons. The second-order valence-corrected chi connectivity index (χ2v) is 11.9. The van der Waals surface area contributed by atoms with Crippen LogP contribution in [0.4, 0.5) is 10.5 Å². The van der Waals surface area contributed by atoms with Crippen LogP contribution in [0.3, 0.4) is 0 Å². The topological polar surface area (TPSA) is 159 Å². The molecule has 0 aliphatic rings. The van der Waals surface area contributed by atoms with Gasteiger partial charge in [0.2, 0.25) is 10.0 Å². The zero-order valence-electron chi connectivity index (χ0n) is 22.7. The van der Waals surface area contributed by atoms with E-state index in [9.17, 15) is 28.4 Å². The van der Waals surface area contributed by atoms with E-state index in [4.69, 9.17) is 9.84 Å². The summed E-state index contributed by atoms with van der Waals surface area (Å²) in [6.07, 6.45) is 0.0750. The zero-order valence-corrected chi connectivity index (χ0v) is 23.6. The van der Waals surface area contributed by atoms with E-state index < -0.39 is 32.7 Å². The Kier molecular flexibility index (Phi) is 12.6. The van der Waals surface area contributed by atoms with Gasteiger partial charge in [0.15, 0.2) is 0 Å². The number of carbonyl (C=O) groups is 1. The van der Waals surface area contributed by atoms with E-state index >= 15 is 0 Å². The van der Waals surface area contributed by atoms with Gasteiger partial charge in [-0.3, -0.25) is 10.1 Å². The lowest BCUT2D eigenvalue weighted by molar-refractivity contribution is -0.384. The average Bonchev–Trinajstić information content (AvgIpc) is 2.82. The van der Waals surface area contributed by atoms with Crippen molar-refractivity contribution in [2.75, 3.05) is 20.2 Å². The van der Waals surface area contributed by atoms with Gasteiger partial charge in [0.25, 0.3) is 5.69 Å². The van der Waals surface area contributed by atoms with E-state index in [0.29, 0.717) is 12.8 Å². The summed E-state index contributed by atoms with van der Waals surface area (Å²) < 4.78 is 33.5. The van der Waals surface area contributed by atoms with Gasteiger partial charge in [-0.2, -0.15) is 4.31 Å². The number of amides is 1. The maximum atomic E-state index is 13.4. The summed E-state index contributed by atoms with van der Waals surface area (Å²) in [5.74, 6) is 0.139. The van der Waals surface area contributed by atoms with Crippen LogP contribution < -0.4 is 5.32 Å². The number of aliphatic hydroxyl groups excluding tert-OH is 1. The number of non-ortho nitro benzene ring substituents is 1. The number of phenolic OH excluding ortho intramolecular Hbond substituents is 1. The summed E-state index contributed by atoms with van der Waals surface area (Å²) in [5, 5.41) is 30.4. The maximum absolute atomic E-state index is 13.4. The molecule has 0 bridgehead atoms. The quantitative estimate of drug-likeness (QED) is 0.277. The summed E-state index contributed by atoms with van der Waals surface area (Å²) in [4.78, 5) is 22.8. The summed E-state index contributed by atoms with van der Waals surface area (Å²) in [6.45, 7) is 9.39. The number of nitrogens with zero attached hydrogens (tertiary/aromatic N) is 2. The minimum atomic E-state index is -3.94. The molecule has 12 heteroatoms. The van der Waals surface area contributed by atoms with Crippen molar-refractivity contribution >= 4 is 21.8 Å². The molecule has 11 nitrogen and oxygen atoms in total. The third kappa shape index (κ3) is 11.0. The second-order valence-electron chi connectivity index (χ2n) is 10.0. The van der Waals surface area contributed by atoms with Crippen LogP contribution in [0, 0.1) is 16.0 Å². The van der Waals surface area contributed by atoms with Crippen molar-refractivity contribution in [1.29, 1.82) is 0 Å². The van der Waals surface area contributed by atoms with E-state index in [1.165, 1.54) is 16.4 Å². The molecule has 0 spiro atoms. The van der Waals surface area contributed by atoms with Crippen molar-refractivity contribution in [3.05, 3.63) is 64.2 Å². The highest BCUT2D eigenvalue weighted by molar-refractivity contribution is 7.89. The lowest BCUT2D eigenvalue weighted by Gasteiger charge is -2.28. The third-order valence-electron chi connectivity index (χ3n) is 5.12. The number of aromatic hydroxyl groups is 1. The SMILES string of the molecule is CC(C)CN(CCC(Cc1ccc(O)cc1)NC(=O)OC(C)(C)C)S(=O)(=O)c1ccc([N+](=O)[O-])cc1.CO. The molecule has 3 N–H and O–H groups in total. The van der Waals surface area contributed by atoms with Crippen LogP contribution >= 0.6 is 0 Å². The highest BCUT2D eigenvalue weighted by atomic mass is 32.2. The van der Waals surface area contributed by atoms with Gasteiger partial charge in [0.1, 0.15) is 11.4 Å². The largest absolute Gasteiger partial charge is 0.508 e. The van der Waals surface area contributed by atoms with Gasteiger partial charge >= 0.3 is 6.09 Å². The Labute approximate surface area is 224 Å². The minimum absolute atomic E-state index is 0.0205. The zero-order chi connectivity index (χ0) is 29.1. The molecule has 38 heavy (non-hydrogen) atoms. The van der Waals surface area contributed by atoms with E-state index in [0.717, 1.165) is 24.8 Å². The lowest BCUT2D eigenvalue weighted by atomic mass is 10.0. The number of nitro groups is 1. The molecule has 0 fully saturated rings. The van der Waals surface area contributed by atoms with Crippen LogP contribution in [0.25, 0.3) is 0 Å². The van der Waals surface area contributed by atoms with Crippen molar-refractivity contribution < 1.29 is 33.1 Å². The molecular formula is C26H39N3O8S. The van der Waals surface area contributed by atoms with Crippen LogP contribution in [0.15, 0.2) is 53.4 Å². The number of benzene rings is 2. The Balaban J connectivity index is 0.00000352. The number of hydrogen-bond donors (Lipinski definition) is 3. The minimum Gasteiger partial charge on any atom is -0.508 e. The van der Waals surface area contributed by atoms with Gasteiger partial charge < -0.3 is 20.3 Å². The van der Waals surface area contributed by atoms with E-state index in [1.807, 2.05) is 13.8 Å². The highest BCUT2D eigenvalue weighted by Gasteiger charge is 2.28. The molecule has 0 saturated heterocycles. The first-order valence-electron chi connectivity index (χ1n) is 12.1. The Bertz CT molecular complexity index is 1130. The maximum Gasteiger partial charge on any atom is 0.407 e. The fourth-order valence-corrected chi connectivity index (χ4v) is 5.14. The van der Waals surface area contributed by atoms with E-state index in [1.54, 1.807) is 45.0 Å². The number of sulfonamides is 1. The number of aliphatic hydroxyl groups is 1. The fourth-order valence-electron chi connectivity index (χ4n) is 3.52.